The van der Waals surface area contributed by atoms with Gasteiger partial charge in [-0.2, -0.15) is 13.2 Å². The van der Waals surface area contributed by atoms with Crippen LogP contribution in [0.4, 0.5) is 19.1 Å². The van der Waals surface area contributed by atoms with E-state index in [4.69, 9.17) is 5.84 Å². The van der Waals surface area contributed by atoms with Gasteiger partial charge in [-0.15, -0.1) is 0 Å². The number of hydrogen-bond acceptors (Lipinski definition) is 6. The predicted molar refractivity (Wildman–Crippen MR) is 85.4 cm³/mol. The largest absolute Gasteiger partial charge is 0.433 e. The smallest absolute Gasteiger partial charge is 0.286 e. The summed E-state index contributed by atoms with van der Waals surface area (Å²) in [4.78, 5) is 30.2. The number of aromatic nitrogens is 2. The van der Waals surface area contributed by atoms with Gasteiger partial charge in [0.15, 0.2) is 0 Å². The fourth-order valence-corrected chi connectivity index (χ4v) is 2.23. The number of carbonyl (C=O) groups excluding carboxylic acids is 2. The number of carbonyl (C=O) groups is 2. The molecular formula is C15H22F3N5O3. The molecule has 146 valence electrons. The van der Waals surface area contributed by atoms with Crippen LogP contribution in [0.2, 0.25) is 0 Å². The second-order valence-corrected chi connectivity index (χ2v) is 6.59. The van der Waals surface area contributed by atoms with E-state index in [0.717, 1.165) is 6.20 Å². The van der Waals surface area contributed by atoms with Gasteiger partial charge in [-0.25, -0.2) is 25.9 Å². The molecule has 1 atom stereocenters. The van der Waals surface area contributed by atoms with E-state index in [-0.39, 0.29) is 29.9 Å². The first-order valence-electron chi connectivity index (χ1n) is 7.81. The number of hydroxylamine groups is 2. The molecule has 0 saturated heterocycles. The van der Waals surface area contributed by atoms with Crippen LogP contribution >= 0.6 is 0 Å². The number of hydrazine groups is 1. The number of halogens is 3. The van der Waals surface area contributed by atoms with Crippen LogP contribution in [-0.4, -0.2) is 39.1 Å². The number of hydrogen-bond donors (Lipinski definition) is 2. The molecular weight excluding hydrogens is 355 g/mol. The van der Waals surface area contributed by atoms with Gasteiger partial charge >= 0.3 is 6.18 Å². The van der Waals surface area contributed by atoms with Gasteiger partial charge in [0.2, 0.25) is 18.3 Å². The summed E-state index contributed by atoms with van der Waals surface area (Å²) in [6.07, 6.45) is -2.83. The maximum absolute atomic E-state index is 12.8. The Morgan fingerprint density at radius 1 is 1.42 bits per heavy atom. The van der Waals surface area contributed by atoms with Crippen molar-refractivity contribution in [2.45, 2.75) is 39.8 Å². The summed E-state index contributed by atoms with van der Waals surface area (Å²) in [6.45, 7) is 5.28. The lowest BCUT2D eigenvalue weighted by molar-refractivity contribution is -0.155. The van der Waals surface area contributed by atoms with E-state index >= 15 is 0 Å². The highest BCUT2D eigenvalue weighted by molar-refractivity contribution is 5.92. The third-order valence-corrected chi connectivity index (χ3v) is 4.02. The van der Waals surface area contributed by atoms with Gasteiger partial charge < -0.3 is 0 Å². The fraction of sp³-hybridized carbons (Fsp3) is 0.600. The molecule has 8 nitrogen and oxygen atoms in total. The summed E-state index contributed by atoms with van der Waals surface area (Å²) in [7, 11) is 0. The zero-order chi connectivity index (χ0) is 20.1. The summed E-state index contributed by atoms with van der Waals surface area (Å²) in [6, 6.07) is 0.654. The van der Waals surface area contributed by atoms with Gasteiger partial charge in [0, 0.05) is 6.20 Å². The van der Waals surface area contributed by atoms with E-state index in [0.29, 0.717) is 17.5 Å². The Hall–Kier alpha value is -2.27. The minimum absolute atomic E-state index is 0.126. The standard InChI is InChI=1S/C15H22F3N5O3/c1-4-14(2,3)7-10(8-22(26)9-24)12(25)23(19)13-20-6-5-11(21-13)15(16,17)18/h5-6,9-10,26H,4,7-8,19H2,1-3H3/t10-/m0/s1. The van der Waals surface area contributed by atoms with Crippen LogP contribution in [0.1, 0.15) is 39.3 Å². The maximum Gasteiger partial charge on any atom is 0.433 e. The van der Waals surface area contributed by atoms with Crippen molar-refractivity contribution in [3.05, 3.63) is 18.0 Å². The second kappa shape index (κ2) is 8.41. The molecule has 0 saturated carbocycles. The summed E-state index contributed by atoms with van der Waals surface area (Å²) < 4.78 is 38.3. The lowest BCUT2D eigenvalue weighted by Gasteiger charge is -2.30. The molecule has 0 aromatic carbocycles. The highest BCUT2D eigenvalue weighted by atomic mass is 19.4. The third-order valence-electron chi connectivity index (χ3n) is 4.02. The topological polar surface area (TPSA) is 113 Å². The lowest BCUT2D eigenvalue weighted by atomic mass is 9.80. The van der Waals surface area contributed by atoms with Gasteiger partial charge in [0.25, 0.3) is 0 Å². The molecule has 1 aromatic heterocycles. The highest BCUT2D eigenvalue weighted by Crippen LogP contribution is 2.31. The summed E-state index contributed by atoms with van der Waals surface area (Å²) in [5, 5.41) is 10.1. The van der Waals surface area contributed by atoms with Crippen molar-refractivity contribution in [3.8, 4) is 0 Å². The predicted octanol–water partition coefficient (Wildman–Crippen LogP) is 1.99. The molecule has 26 heavy (non-hydrogen) atoms. The van der Waals surface area contributed by atoms with Crippen LogP contribution in [-0.2, 0) is 15.8 Å². The Bertz CT molecular complexity index is 639. The number of rotatable bonds is 8. The molecule has 0 bridgehead atoms. The Morgan fingerprint density at radius 2 is 2.04 bits per heavy atom. The van der Waals surface area contributed by atoms with Gasteiger partial charge in [0.05, 0.1) is 12.5 Å². The third kappa shape index (κ3) is 5.92. The number of amides is 2. The Labute approximate surface area is 148 Å². The molecule has 1 rings (SSSR count). The molecule has 3 N–H and O–H groups in total. The normalized spacial score (nSPS) is 13.2. The summed E-state index contributed by atoms with van der Waals surface area (Å²) in [5.41, 5.74) is -1.58. The lowest BCUT2D eigenvalue weighted by Crippen LogP contribution is -2.47. The minimum Gasteiger partial charge on any atom is -0.286 e. The first-order chi connectivity index (χ1) is 11.9. The first kappa shape index (κ1) is 21.8. The maximum atomic E-state index is 12.8. The van der Waals surface area contributed by atoms with Gasteiger partial charge in [-0.3, -0.25) is 14.8 Å². The summed E-state index contributed by atoms with van der Waals surface area (Å²) in [5.74, 6) is 3.24. The highest BCUT2D eigenvalue weighted by Gasteiger charge is 2.35. The van der Waals surface area contributed by atoms with Crippen molar-refractivity contribution in [2.24, 2.45) is 17.2 Å². The monoisotopic (exact) mass is 377 g/mol. The average Bonchev–Trinajstić information content (AvgIpc) is 2.58. The summed E-state index contributed by atoms with van der Waals surface area (Å²) >= 11 is 0. The van der Waals surface area contributed by atoms with Crippen LogP contribution in [0.25, 0.3) is 0 Å². The molecule has 1 aromatic rings. The Kier molecular flexibility index (Phi) is 7.04. The van der Waals surface area contributed by atoms with Gasteiger partial charge in [-0.1, -0.05) is 27.2 Å². The number of alkyl halides is 3. The number of nitrogens with zero attached hydrogens (tertiary/aromatic N) is 4. The van der Waals surface area contributed by atoms with Crippen molar-refractivity contribution in [3.63, 3.8) is 0 Å². The molecule has 1 heterocycles. The molecule has 0 spiro atoms. The van der Waals surface area contributed by atoms with Crippen molar-refractivity contribution >= 4 is 18.3 Å². The fourth-order valence-electron chi connectivity index (χ4n) is 2.23. The first-order valence-corrected chi connectivity index (χ1v) is 7.81. The Balaban J connectivity index is 3.11. The SMILES string of the molecule is CCC(C)(C)C[C@@H](CN(O)C=O)C(=O)N(N)c1nccc(C(F)(F)F)n1. The minimum atomic E-state index is -4.72. The van der Waals surface area contributed by atoms with E-state index in [1.807, 2.05) is 20.8 Å². The van der Waals surface area contributed by atoms with Crippen LogP contribution in [0.15, 0.2) is 12.3 Å². The van der Waals surface area contributed by atoms with E-state index in [1.54, 1.807) is 0 Å². The zero-order valence-corrected chi connectivity index (χ0v) is 14.7. The molecule has 0 aliphatic rings. The molecule has 0 fully saturated rings. The number of anilines is 1. The van der Waals surface area contributed by atoms with Crippen LogP contribution < -0.4 is 10.9 Å². The van der Waals surface area contributed by atoms with Crippen molar-refractivity contribution in [2.75, 3.05) is 11.6 Å². The number of nitrogens with two attached hydrogens (primary N) is 1. The van der Waals surface area contributed by atoms with E-state index < -0.39 is 29.6 Å². The van der Waals surface area contributed by atoms with Crippen LogP contribution in [0, 0.1) is 11.3 Å². The molecule has 0 radical (unpaired) electrons. The van der Waals surface area contributed by atoms with Gasteiger partial charge in [-0.05, 0) is 17.9 Å². The van der Waals surface area contributed by atoms with Crippen LogP contribution in [0.3, 0.4) is 0 Å². The Morgan fingerprint density at radius 3 is 2.54 bits per heavy atom. The van der Waals surface area contributed by atoms with E-state index in [9.17, 15) is 28.0 Å². The molecule has 0 unspecified atom stereocenters. The quantitative estimate of drug-likeness (QED) is 0.236. The zero-order valence-electron chi connectivity index (χ0n) is 14.7. The average molecular weight is 377 g/mol. The van der Waals surface area contributed by atoms with Crippen molar-refractivity contribution in [1.29, 1.82) is 0 Å². The molecule has 11 heteroatoms. The van der Waals surface area contributed by atoms with Crippen LogP contribution in [0.5, 0.6) is 0 Å². The molecule has 0 aliphatic heterocycles. The van der Waals surface area contributed by atoms with Crippen molar-refractivity contribution < 1.29 is 28.0 Å². The van der Waals surface area contributed by atoms with E-state index in [1.165, 1.54) is 0 Å². The second-order valence-electron chi connectivity index (χ2n) is 6.59. The molecule has 2 amide bonds. The van der Waals surface area contributed by atoms with E-state index in [2.05, 4.69) is 9.97 Å². The molecule has 0 aliphatic carbocycles. The van der Waals surface area contributed by atoms with Gasteiger partial charge in [0.1, 0.15) is 5.69 Å². The van der Waals surface area contributed by atoms with Crippen molar-refractivity contribution in [1.82, 2.24) is 15.0 Å².